The highest BCUT2D eigenvalue weighted by Crippen LogP contribution is 2.35. The highest BCUT2D eigenvalue weighted by molar-refractivity contribution is 6.46. The molecule has 1 fully saturated rings. The number of rotatable bonds is 2. The van der Waals surface area contributed by atoms with E-state index in [1.54, 1.807) is 0 Å². The van der Waals surface area contributed by atoms with Crippen molar-refractivity contribution in [1.29, 1.82) is 0 Å². The maximum absolute atomic E-state index is 12.8. The molecule has 0 bridgehead atoms. The Hall–Kier alpha value is -2.70. The Labute approximate surface area is 133 Å². The molecule has 2 unspecified atom stereocenters. The molecule has 1 aromatic rings. The second-order valence-electron chi connectivity index (χ2n) is 5.83. The van der Waals surface area contributed by atoms with Gasteiger partial charge >= 0.3 is 5.97 Å². The highest BCUT2D eigenvalue weighted by Gasteiger charge is 2.56. The van der Waals surface area contributed by atoms with Gasteiger partial charge in [-0.25, -0.2) is 9.69 Å². The summed E-state index contributed by atoms with van der Waals surface area (Å²) in [7, 11) is 1.21. The Balaban J connectivity index is 2.05. The number of fused-ring (bicyclic) bond motifs is 1. The number of amides is 2. The number of benzene rings is 1. The van der Waals surface area contributed by atoms with Gasteiger partial charge in [-0.1, -0.05) is 17.7 Å². The number of carbonyl (C=O) groups excluding carboxylic acids is 3. The topological polar surface area (TPSA) is 88.1 Å². The number of esters is 1. The van der Waals surface area contributed by atoms with E-state index in [1.807, 2.05) is 32.9 Å². The summed E-state index contributed by atoms with van der Waals surface area (Å²) in [5.74, 6) is -2.50. The van der Waals surface area contributed by atoms with E-state index in [0.29, 0.717) is 5.69 Å². The van der Waals surface area contributed by atoms with Gasteiger partial charge in [0.2, 0.25) is 5.91 Å². The molecule has 2 amide bonds. The van der Waals surface area contributed by atoms with Crippen molar-refractivity contribution in [1.82, 2.24) is 5.43 Å². The lowest BCUT2D eigenvalue weighted by molar-refractivity contribution is -0.133. The lowest BCUT2D eigenvalue weighted by atomic mass is 9.99. The van der Waals surface area contributed by atoms with Crippen molar-refractivity contribution in [3.63, 3.8) is 0 Å². The lowest BCUT2D eigenvalue weighted by Crippen LogP contribution is -2.37. The number of nitrogens with zero attached hydrogens (tertiary/aromatic N) is 2. The number of nitrogens with one attached hydrogen (secondary N) is 1. The lowest BCUT2D eigenvalue weighted by Gasteiger charge is -2.21. The normalized spacial score (nSPS) is 22.8. The highest BCUT2D eigenvalue weighted by atomic mass is 16.5. The molecule has 1 saturated heterocycles. The molecule has 23 heavy (non-hydrogen) atoms. The summed E-state index contributed by atoms with van der Waals surface area (Å²) in [5, 5.41) is 3.80. The molecule has 2 heterocycles. The predicted molar refractivity (Wildman–Crippen MR) is 83.0 cm³/mol. The molecule has 2 aliphatic rings. The molecular formula is C16H17N3O4. The summed E-state index contributed by atoms with van der Waals surface area (Å²) in [5.41, 5.74) is 5.83. The Morgan fingerprint density at radius 3 is 2.35 bits per heavy atom. The van der Waals surface area contributed by atoms with Gasteiger partial charge in [0.05, 0.1) is 12.8 Å². The first-order chi connectivity index (χ1) is 10.9. The van der Waals surface area contributed by atoms with Crippen LogP contribution in [-0.2, 0) is 19.1 Å². The standard InChI is InChI=1S/C16H17N3O4/c1-7-5-8(2)13(9(3)6-7)19-14(20)10-11(15(19)21)17-18-12(10)16(22)23-4/h5-6,10-11,17H,1-4H3. The van der Waals surface area contributed by atoms with Crippen LogP contribution in [0.1, 0.15) is 16.7 Å². The smallest absolute Gasteiger partial charge is 0.355 e. The number of carbonyl (C=O) groups is 3. The van der Waals surface area contributed by atoms with Crippen LogP contribution in [0.25, 0.3) is 0 Å². The largest absolute Gasteiger partial charge is 0.464 e. The van der Waals surface area contributed by atoms with E-state index in [-0.39, 0.29) is 5.71 Å². The molecule has 3 rings (SSSR count). The second kappa shape index (κ2) is 5.19. The summed E-state index contributed by atoms with van der Waals surface area (Å²) < 4.78 is 4.64. The number of hydrogen-bond acceptors (Lipinski definition) is 6. The number of ether oxygens (including phenoxy) is 1. The van der Waals surface area contributed by atoms with Crippen molar-refractivity contribution in [3.8, 4) is 0 Å². The Bertz CT molecular complexity index is 746. The fourth-order valence-corrected chi connectivity index (χ4v) is 3.31. The zero-order valence-corrected chi connectivity index (χ0v) is 13.3. The fraction of sp³-hybridized carbons (Fsp3) is 0.375. The van der Waals surface area contributed by atoms with Crippen molar-refractivity contribution >= 4 is 29.2 Å². The number of anilines is 1. The van der Waals surface area contributed by atoms with E-state index in [1.165, 1.54) is 7.11 Å². The maximum Gasteiger partial charge on any atom is 0.355 e. The molecule has 1 N–H and O–H groups in total. The van der Waals surface area contributed by atoms with Gasteiger partial charge < -0.3 is 4.74 Å². The van der Waals surface area contributed by atoms with Gasteiger partial charge in [-0.2, -0.15) is 5.10 Å². The minimum Gasteiger partial charge on any atom is -0.464 e. The summed E-state index contributed by atoms with van der Waals surface area (Å²) in [6.07, 6.45) is 0. The molecule has 0 aliphatic carbocycles. The number of methoxy groups -OCH3 is 1. The third-order valence-corrected chi connectivity index (χ3v) is 4.18. The van der Waals surface area contributed by atoms with Gasteiger partial charge in [0.1, 0.15) is 12.0 Å². The van der Waals surface area contributed by atoms with Crippen LogP contribution in [0.2, 0.25) is 0 Å². The van der Waals surface area contributed by atoms with E-state index in [9.17, 15) is 14.4 Å². The SMILES string of the molecule is COC(=O)C1=NNC2C(=O)N(c3c(C)cc(C)cc3C)C(=O)C12. The number of aryl methyl sites for hydroxylation is 3. The van der Waals surface area contributed by atoms with Gasteiger partial charge in [0, 0.05) is 0 Å². The van der Waals surface area contributed by atoms with Crippen LogP contribution in [0, 0.1) is 26.7 Å². The maximum atomic E-state index is 12.8. The monoisotopic (exact) mass is 315 g/mol. The Morgan fingerprint density at radius 1 is 1.17 bits per heavy atom. The summed E-state index contributed by atoms with van der Waals surface area (Å²) >= 11 is 0. The number of hydrazone groups is 1. The molecule has 2 atom stereocenters. The average molecular weight is 315 g/mol. The van der Waals surface area contributed by atoms with Crippen molar-refractivity contribution in [3.05, 3.63) is 28.8 Å². The number of imide groups is 1. The van der Waals surface area contributed by atoms with Gasteiger partial charge in [-0.3, -0.25) is 15.0 Å². The van der Waals surface area contributed by atoms with Gasteiger partial charge in [0.25, 0.3) is 5.91 Å². The minimum absolute atomic E-state index is 0.0548. The van der Waals surface area contributed by atoms with Crippen LogP contribution < -0.4 is 10.3 Å². The molecule has 120 valence electrons. The van der Waals surface area contributed by atoms with Crippen LogP contribution >= 0.6 is 0 Å². The molecular weight excluding hydrogens is 298 g/mol. The molecule has 0 radical (unpaired) electrons. The van der Waals surface area contributed by atoms with Crippen LogP contribution in [0.4, 0.5) is 5.69 Å². The first kappa shape index (κ1) is 15.2. The van der Waals surface area contributed by atoms with E-state index in [0.717, 1.165) is 21.6 Å². The van der Waals surface area contributed by atoms with Crippen LogP contribution in [0.5, 0.6) is 0 Å². The average Bonchev–Trinajstić information content (AvgIpc) is 3.01. The second-order valence-corrected chi connectivity index (χ2v) is 5.83. The first-order valence-electron chi connectivity index (χ1n) is 7.24. The van der Waals surface area contributed by atoms with Crippen molar-refractivity contribution in [2.75, 3.05) is 12.0 Å². The van der Waals surface area contributed by atoms with E-state index in [2.05, 4.69) is 15.3 Å². The molecule has 7 heteroatoms. The van der Waals surface area contributed by atoms with E-state index in [4.69, 9.17) is 0 Å². The third kappa shape index (κ3) is 2.11. The van der Waals surface area contributed by atoms with Gasteiger partial charge in [-0.15, -0.1) is 0 Å². The molecule has 1 aromatic carbocycles. The molecule has 0 spiro atoms. The van der Waals surface area contributed by atoms with E-state index >= 15 is 0 Å². The first-order valence-corrected chi connectivity index (χ1v) is 7.24. The summed E-state index contributed by atoms with van der Waals surface area (Å²) in [4.78, 5) is 38.4. The minimum atomic E-state index is -0.935. The van der Waals surface area contributed by atoms with Gasteiger partial charge in [0.15, 0.2) is 5.71 Å². The quantitative estimate of drug-likeness (QED) is 0.638. The summed E-state index contributed by atoms with van der Waals surface area (Å²) in [6, 6.07) is 2.98. The molecule has 7 nitrogen and oxygen atoms in total. The molecule has 0 aromatic heterocycles. The molecule has 0 saturated carbocycles. The Kier molecular flexibility index (Phi) is 3.43. The fourth-order valence-electron chi connectivity index (χ4n) is 3.31. The zero-order chi connectivity index (χ0) is 16.9. The third-order valence-electron chi connectivity index (χ3n) is 4.18. The van der Waals surface area contributed by atoms with Crippen molar-refractivity contribution < 1.29 is 19.1 Å². The van der Waals surface area contributed by atoms with E-state index < -0.39 is 29.7 Å². The predicted octanol–water partition coefficient (Wildman–Crippen LogP) is 0.602. The van der Waals surface area contributed by atoms with Crippen LogP contribution in [0.15, 0.2) is 17.2 Å². The number of hydrogen-bond donors (Lipinski definition) is 1. The van der Waals surface area contributed by atoms with Crippen LogP contribution in [-0.4, -0.2) is 36.6 Å². The van der Waals surface area contributed by atoms with Gasteiger partial charge in [-0.05, 0) is 31.9 Å². The zero-order valence-electron chi connectivity index (χ0n) is 13.3. The van der Waals surface area contributed by atoms with Crippen molar-refractivity contribution in [2.24, 2.45) is 11.0 Å². The van der Waals surface area contributed by atoms with Crippen molar-refractivity contribution in [2.45, 2.75) is 26.8 Å². The molecule has 2 aliphatic heterocycles. The Morgan fingerprint density at radius 2 is 1.78 bits per heavy atom. The summed E-state index contributed by atoms with van der Waals surface area (Å²) in [6.45, 7) is 5.66. The van der Waals surface area contributed by atoms with Crippen LogP contribution in [0.3, 0.4) is 0 Å².